The van der Waals surface area contributed by atoms with Crippen molar-refractivity contribution in [2.45, 2.75) is 0 Å². The summed E-state index contributed by atoms with van der Waals surface area (Å²) in [5.74, 6) is 0. The van der Waals surface area contributed by atoms with Gasteiger partial charge in [0.15, 0.2) is 0 Å². The van der Waals surface area contributed by atoms with Gasteiger partial charge in [-0.1, -0.05) is 48.0 Å². The molecule has 0 saturated carbocycles. The maximum Gasteiger partial charge on any atom is 0.0703 e. The van der Waals surface area contributed by atoms with Crippen molar-refractivity contribution in [3.8, 4) is 11.1 Å². The van der Waals surface area contributed by atoms with Crippen LogP contribution in [0.15, 0.2) is 60.8 Å². The van der Waals surface area contributed by atoms with Gasteiger partial charge in [0.1, 0.15) is 0 Å². The summed E-state index contributed by atoms with van der Waals surface area (Å²) in [5, 5.41) is 1.74. The van der Waals surface area contributed by atoms with E-state index in [-0.39, 0.29) is 0 Å². The van der Waals surface area contributed by atoms with Crippen molar-refractivity contribution in [3.63, 3.8) is 0 Å². The average Bonchev–Trinajstić information content (AvgIpc) is 2.39. The first-order valence-electron chi connectivity index (χ1n) is 5.44. The average molecular weight is 240 g/mol. The fraction of sp³-hybridized carbons (Fsp3) is 0. The Morgan fingerprint density at radius 2 is 1.65 bits per heavy atom. The minimum atomic E-state index is 0.669. The maximum atomic E-state index is 5.95. The van der Waals surface area contributed by atoms with Gasteiger partial charge in [-0.15, -0.1) is 0 Å². The highest BCUT2D eigenvalue weighted by atomic mass is 35.5. The van der Waals surface area contributed by atoms with E-state index in [1.54, 1.807) is 6.20 Å². The van der Waals surface area contributed by atoms with Crippen LogP contribution in [0.1, 0.15) is 0 Å². The summed E-state index contributed by atoms with van der Waals surface area (Å²) in [6, 6.07) is 18.4. The predicted octanol–water partition coefficient (Wildman–Crippen LogP) is 4.56. The quantitative estimate of drug-likeness (QED) is 0.607. The Morgan fingerprint density at radius 1 is 0.824 bits per heavy atom. The molecule has 0 unspecified atom stereocenters. The highest BCUT2D eigenvalue weighted by Crippen LogP contribution is 2.24. The van der Waals surface area contributed by atoms with Crippen molar-refractivity contribution in [2.75, 3.05) is 0 Å². The molecule has 3 aromatic rings. The summed E-state index contributed by atoms with van der Waals surface area (Å²) in [6.45, 7) is 0. The van der Waals surface area contributed by atoms with Gasteiger partial charge in [0.25, 0.3) is 0 Å². The zero-order valence-electron chi connectivity index (χ0n) is 9.10. The van der Waals surface area contributed by atoms with Gasteiger partial charge in [-0.25, -0.2) is 0 Å². The maximum absolute atomic E-state index is 5.95. The number of hydrogen-bond donors (Lipinski definition) is 0. The molecule has 0 saturated heterocycles. The Kier molecular flexibility index (Phi) is 2.54. The van der Waals surface area contributed by atoms with E-state index in [9.17, 15) is 0 Å². The van der Waals surface area contributed by atoms with Gasteiger partial charge in [0.05, 0.1) is 10.5 Å². The molecule has 0 bridgehead atoms. The topological polar surface area (TPSA) is 12.9 Å². The molecule has 1 nitrogen and oxygen atoms in total. The molecule has 0 atom stereocenters. The van der Waals surface area contributed by atoms with E-state index in [1.807, 2.05) is 30.3 Å². The van der Waals surface area contributed by atoms with Crippen LogP contribution in [-0.4, -0.2) is 4.98 Å². The molecule has 0 aliphatic heterocycles. The molecule has 2 heteroatoms. The zero-order valence-corrected chi connectivity index (χ0v) is 9.85. The largest absolute Gasteiger partial charge is 0.255 e. The summed E-state index contributed by atoms with van der Waals surface area (Å²) >= 11 is 5.95. The summed E-state index contributed by atoms with van der Waals surface area (Å²) in [4.78, 5) is 4.28. The molecule has 17 heavy (non-hydrogen) atoms. The van der Waals surface area contributed by atoms with Gasteiger partial charge < -0.3 is 0 Å². The monoisotopic (exact) mass is 239 g/mol. The number of rotatable bonds is 1. The number of pyridine rings is 1. The zero-order chi connectivity index (χ0) is 11.7. The van der Waals surface area contributed by atoms with E-state index in [0.29, 0.717) is 5.02 Å². The molecular formula is C15H10ClN. The second-order valence-corrected chi connectivity index (χ2v) is 4.36. The highest BCUT2D eigenvalue weighted by molar-refractivity contribution is 6.31. The number of aromatic nitrogens is 1. The first-order valence-corrected chi connectivity index (χ1v) is 5.81. The van der Waals surface area contributed by atoms with Crippen LogP contribution in [0.2, 0.25) is 5.02 Å². The Balaban J connectivity index is 2.19. The van der Waals surface area contributed by atoms with E-state index in [4.69, 9.17) is 11.6 Å². The van der Waals surface area contributed by atoms with E-state index in [2.05, 4.69) is 29.2 Å². The van der Waals surface area contributed by atoms with Crippen molar-refractivity contribution in [3.05, 3.63) is 65.8 Å². The second kappa shape index (κ2) is 4.19. The lowest BCUT2D eigenvalue weighted by atomic mass is 10.0. The fourth-order valence-corrected chi connectivity index (χ4v) is 2.08. The van der Waals surface area contributed by atoms with Crippen LogP contribution >= 0.6 is 11.6 Å². The lowest BCUT2D eigenvalue weighted by Gasteiger charge is -2.03. The van der Waals surface area contributed by atoms with Crippen LogP contribution in [-0.2, 0) is 0 Å². The normalized spacial score (nSPS) is 10.6. The fourth-order valence-electron chi connectivity index (χ4n) is 1.91. The molecule has 2 aromatic carbocycles. The molecular weight excluding hydrogens is 230 g/mol. The van der Waals surface area contributed by atoms with Crippen LogP contribution in [0.25, 0.3) is 22.0 Å². The number of fused-ring (bicyclic) bond motifs is 1. The van der Waals surface area contributed by atoms with Crippen LogP contribution in [0.4, 0.5) is 0 Å². The van der Waals surface area contributed by atoms with Gasteiger partial charge in [-0.2, -0.15) is 0 Å². The third kappa shape index (κ3) is 2.02. The van der Waals surface area contributed by atoms with Gasteiger partial charge in [-0.3, -0.25) is 4.98 Å². The molecule has 1 aromatic heterocycles. The van der Waals surface area contributed by atoms with Crippen molar-refractivity contribution >= 4 is 22.5 Å². The lowest BCUT2D eigenvalue weighted by Crippen LogP contribution is -1.81. The van der Waals surface area contributed by atoms with E-state index in [0.717, 1.165) is 10.9 Å². The van der Waals surface area contributed by atoms with Crippen LogP contribution in [0.5, 0.6) is 0 Å². The van der Waals surface area contributed by atoms with Crippen molar-refractivity contribution < 1.29 is 0 Å². The predicted molar refractivity (Wildman–Crippen MR) is 72.2 cm³/mol. The lowest BCUT2D eigenvalue weighted by molar-refractivity contribution is 1.41. The molecule has 82 valence electrons. The molecule has 0 N–H and O–H groups in total. The minimum Gasteiger partial charge on any atom is -0.255 e. The number of benzene rings is 2. The van der Waals surface area contributed by atoms with E-state index < -0.39 is 0 Å². The third-order valence-corrected chi connectivity index (χ3v) is 2.96. The van der Waals surface area contributed by atoms with Gasteiger partial charge in [-0.05, 0) is 29.3 Å². The molecule has 0 aliphatic carbocycles. The summed E-state index contributed by atoms with van der Waals surface area (Å²) in [7, 11) is 0. The van der Waals surface area contributed by atoms with Gasteiger partial charge in [0, 0.05) is 11.6 Å². The summed E-state index contributed by atoms with van der Waals surface area (Å²) in [6.07, 6.45) is 1.67. The summed E-state index contributed by atoms with van der Waals surface area (Å²) < 4.78 is 0. The second-order valence-electron chi connectivity index (χ2n) is 3.93. The van der Waals surface area contributed by atoms with Crippen molar-refractivity contribution in [1.29, 1.82) is 0 Å². The van der Waals surface area contributed by atoms with Crippen molar-refractivity contribution in [1.82, 2.24) is 4.98 Å². The van der Waals surface area contributed by atoms with Crippen molar-refractivity contribution in [2.24, 2.45) is 0 Å². The van der Waals surface area contributed by atoms with Gasteiger partial charge in [0.2, 0.25) is 0 Å². The molecule has 3 rings (SSSR count). The van der Waals surface area contributed by atoms with Crippen LogP contribution in [0, 0.1) is 0 Å². The molecule has 0 spiro atoms. The SMILES string of the molecule is Clc1cnc2ccc(-c3ccccc3)cc2c1. The Morgan fingerprint density at radius 3 is 2.47 bits per heavy atom. The van der Waals surface area contributed by atoms with Crippen LogP contribution in [0.3, 0.4) is 0 Å². The summed E-state index contributed by atoms with van der Waals surface area (Å²) in [5.41, 5.74) is 3.35. The smallest absolute Gasteiger partial charge is 0.0703 e. The Bertz CT molecular complexity index is 662. The number of hydrogen-bond acceptors (Lipinski definition) is 1. The first kappa shape index (κ1) is 10.3. The Hall–Kier alpha value is -1.86. The molecule has 1 heterocycles. The third-order valence-electron chi connectivity index (χ3n) is 2.76. The standard InChI is InChI=1S/C15H10ClN/c16-14-9-13-8-12(6-7-15(13)17-10-14)11-4-2-1-3-5-11/h1-10H. The van der Waals surface area contributed by atoms with Crippen LogP contribution < -0.4 is 0 Å². The first-order chi connectivity index (χ1) is 8.33. The molecule has 0 amide bonds. The molecule has 0 aliphatic rings. The van der Waals surface area contributed by atoms with E-state index >= 15 is 0 Å². The van der Waals surface area contributed by atoms with Gasteiger partial charge >= 0.3 is 0 Å². The number of halogens is 1. The molecule has 0 fully saturated rings. The Labute approximate surface area is 105 Å². The number of nitrogens with zero attached hydrogens (tertiary/aromatic N) is 1. The minimum absolute atomic E-state index is 0.669. The van der Waals surface area contributed by atoms with E-state index in [1.165, 1.54) is 11.1 Å². The molecule has 0 radical (unpaired) electrons. The highest BCUT2D eigenvalue weighted by Gasteiger charge is 2.00.